The number of rotatable bonds is 5. The van der Waals surface area contributed by atoms with Crippen LogP contribution < -0.4 is 5.32 Å². The van der Waals surface area contributed by atoms with Crippen molar-refractivity contribution in [3.8, 4) is 5.69 Å². The van der Waals surface area contributed by atoms with E-state index in [-0.39, 0.29) is 0 Å². The summed E-state index contributed by atoms with van der Waals surface area (Å²) < 4.78 is 2.00. The van der Waals surface area contributed by atoms with Crippen LogP contribution >= 0.6 is 0 Å². The van der Waals surface area contributed by atoms with Crippen molar-refractivity contribution in [2.45, 2.75) is 44.2 Å². The van der Waals surface area contributed by atoms with E-state index in [0.29, 0.717) is 12.0 Å². The topological polar surface area (TPSA) is 42.7 Å². The maximum atomic E-state index is 4.71. The molecule has 0 atom stereocenters. The van der Waals surface area contributed by atoms with Gasteiger partial charge < -0.3 is 5.32 Å². The van der Waals surface area contributed by atoms with Crippen LogP contribution in [-0.4, -0.2) is 20.8 Å². The third kappa shape index (κ3) is 2.40. The van der Waals surface area contributed by atoms with Crippen molar-refractivity contribution in [1.82, 2.24) is 20.1 Å². The molecule has 2 heterocycles. The summed E-state index contributed by atoms with van der Waals surface area (Å²) >= 11 is 0. The first kappa shape index (κ1) is 11.2. The molecule has 4 nitrogen and oxygen atoms in total. The fourth-order valence-corrected chi connectivity index (χ4v) is 2.39. The first-order valence-corrected chi connectivity index (χ1v) is 7.12. The van der Waals surface area contributed by atoms with Gasteiger partial charge in [-0.3, -0.25) is 4.98 Å². The number of pyridine rings is 1. The minimum Gasteiger partial charge on any atom is -0.310 e. The lowest BCUT2D eigenvalue weighted by atomic mass is 10.2. The van der Waals surface area contributed by atoms with Crippen LogP contribution in [0, 0.1) is 0 Å². The van der Waals surface area contributed by atoms with Gasteiger partial charge in [-0.1, -0.05) is 0 Å². The molecule has 2 saturated carbocycles. The van der Waals surface area contributed by atoms with Crippen LogP contribution in [0.15, 0.2) is 30.7 Å². The molecule has 0 unspecified atom stereocenters. The highest BCUT2D eigenvalue weighted by atomic mass is 15.3. The van der Waals surface area contributed by atoms with Crippen LogP contribution in [0.1, 0.15) is 42.9 Å². The highest BCUT2D eigenvalue weighted by molar-refractivity contribution is 5.38. The first-order chi connectivity index (χ1) is 9.40. The number of hydrogen-bond donors (Lipinski definition) is 1. The molecular weight excluding hydrogens is 236 g/mol. The first-order valence-electron chi connectivity index (χ1n) is 7.12. The van der Waals surface area contributed by atoms with Gasteiger partial charge >= 0.3 is 0 Å². The second kappa shape index (κ2) is 4.46. The molecule has 98 valence electrons. The standard InChI is InChI=1S/C15H18N4/c1-2-11(1)14-6-8-19(18-14)15-5-7-16-9-12(15)10-17-13-3-4-13/h5-9,11,13,17H,1-4,10H2. The maximum absolute atomic E-state index is 4.71. The summed E-state index contributed by atoms with van der Waals surface area (Å²) in [5.74, 6) is 0.705. The Morgan fingerprint density at radius 2 is 2.11 bits per heavy atom. The molecule has 2 aromatic heterocycles. The van der Waals surface area contributed by atoms with E-state index in [9.17, 15) is 0 Å². The van der Waals surface area contributed by atoms with Crippen LogP contribution in [0.25, 0.3) is 5.69 Å². The van der Waals surface area contributed by atoms with Crippen molar-refractivity contribution >= 4 is 0 Å². The Morgan fingerprint density at radius 3 is 2.89 bits per heavy atom. The molecule has 0 aromatic carbocycles. The third-order valence-corrected chi connectivity index (χ3v) is 3.89. The van der Waals surface area contributed by atoms with Crippen LogP contribution in [-0.2, 0) is 6.54 Å². The summed E-state index contributed by atoms with van der Waals surface area (Å²) in [6.07, 6.45) is 11.1. The molecule has 2 fully saturated rings. The SMILES string of the molecule is c1cc(-n2ccc(C3CC3)n2)c(CNC2CC2)cn1. The van der Waals surface area contributed by atoms with Gasteiger partial charge in [-0.05, 0) is 37.8 Å². The normalized spacial score (nSPS) is 18.7. The molecule has 0 aliphatic heterocycles. The summed E-state index contributed by atoms with van der Waals surface area (Å²) in [5, 5.41) is 8.25. The van der Waals surface area contributed by atoms with Gasteiger partial charge in [0.05, 0.1) is 11.4 Å². The van der Waals surface area contributed by atoms with E-state index in [1.54, 1.807) is 0 Å². The van der Waals surface area contributed by atoms with E-state index in [1.165, 1.54) is 36.9 Å². The fourth-order valence-electron chi connectivity index (χ4n) is 2.39. The van der Waals surface area contributed by atoms with E-state index >= 15 is 0 Å². The highest BCUT2D eigenvalue weighted by Gasteiger charge is 2.26. The number of nitrogens with zero attached hydrogens (tertiary/aromatic N) is 3. The lowest BCUT2D eigenvalue weighted by Gasteiger charge is -2.09. The van der Waals surface area contributed by atoms with E-state index in [4.69, 9.17) is 5.10 Å². The third-order valence-electron chi connectivity index (χ3n) is 3.89. The molecule has 0 spiro atoms. The summed E-state index contributed by atoms with van der Waals surface area (Å²) in [4.78, 5) is 4.24. The zero-order chi connectivity index (χ0) is 12.7. The summed E-state index contributed by atoms with van der Waals surface area (Å²) in [6, 6.07) is 4.91. The Morgan fingerprint density at radius 1 is 1.21 bits per heavy atom. The molecule has 19 heavy (non-hydrogen) atoms. The molecule has 2 aliphatic rings. The Balaban J connectivity index is 1.60. The molecule has 0 radical (unpaired) electrons. The van der Waals surface area contributed by atoms with E-state index in [2.05, 4.69) is 22.6 Å². The summed E-state index contributed by atoms with van der Waals surface area (Å²) in [6.45, 7) is 0.881. The molecule has 2 aromatic rings. The fraction of sp³-hybridized carbons (Fsp3) is 0.467. The van der Waals surface area contributed by atoms with Gasteiger partial charge in [0.25, 0.3) is 0 Å². The zero-order valence-electron chi connectivity index (χ0n) is 10.9. The van der Waals surface area contributed by atoms with Crippen molar-refractivity contribution in [3.63, 3.8) is 0 Å². The van der Waals surface area contributed by atoms with Crippen LogP contribution in [0.4, 0.5) is 0 Å². The average molecular weight is 254 g/mol. The van der Waals surface area contributed by atoms with Crippen LogP contribution in [0.3, 0.4) is 0 Å². The van der Waals surface area contributed by atoms with Gasteiger partial charge in [-0.25, -0.2) is 4.68 Å². The predicted octanol–water partition coefficient (Wildman–Crippen LogP) is 2.40. The van der Waals surface area contributed by atoms with Crippen LogP contribution in [0.2, 0.25) is 0 Å². The highest BCUT2D eigenvalue weighted by Crippen LogP contribution is 2.39. The zero-order valence-corrected chi connectivity index (χ0v) is 10.9. The Labute approximate surface area is 112 Å². The van der Waals surface area contributed by atoms with Crippen molar-refractivity contribution in [2.24, 2.45) is 0 Å². The lowest BCUT2D eigenvalue weighted by Crippen LogP contribution is -2.17. The Bertz CT molecular complexity index is 581. The molecule has 4 heteroatoms. The quantitative estimate of drug-likeness (QED) is 0.891. The molecule has 2 aliphatic carbocycles. The Hall–Kier alpha value is -1.68. The van der Waals surface area contributed by atoms with Gasteiger partial charge in [0.15, 0.2) is 0 Å². The number of aromatic nitrogens is 3. The molecule has 0 saturated heterocycles. The second-order valence-corrected chi connectivity index (χ2v) is 5.62. The minimum atomic E-state index is 0.705. The summed E-state index contributed by atoms with van der Waals surface area (Å²) in [5.41, 5.74) is 3.60. The second-order valence-electron chi connectivity index (χ2n) is 5.62. The van der Waals surface area contributed by atoms with Crippen molar-refractivity contribution in [2.75, 3.05) is 0 Å². The van der Waals surface area contributed by atoms with Crippen molar-refractivity contribution in [3.05, 3.63) is 42.0 Å². The van der Waals surface area contributed by atoms with E-state index < -0.39 is 0 Å². The molecular formula is C15H18N4. The Kier molecular flexibility index (Phi) is 2.62. The predicted molar refractivity (Wildman–Crippen MR) is 73.2 cm³/mol. The molecule has 1 N–H and O–H groups in total. The number of hydrogen-bond acceptors (Lipinski definition) is 3. The number of nitrogens with one attached hydrogen (secondary N) is 1. The maximum Gasteiger partial charge on any atom is 0.0721 e. The molecule has 0 amide bonds. The largest absolute Gasteiger partial charge is 0.310 e. The van der Waals surface area contributed by atoms with Crippen molar-refractivity contribution < 1.29 is 0 Å². The molecule has 4 rings (SSSR count). The van der Waals surface area contributed by atoms with Gasteiger partial charge in [-0.2, -0.15) is 5.10 Å². The van der Waals surface area contributed by atoms with E-state index in [1.807, 2.05) is 23.1 Å². The lowest BCUT2D eigenvalue weighted by molar-refractivity contribution is 0.678. The van der Waals surface area contributed by atoms with Gasteiger partial charge in [0, 0.05) is 42.7 Å². The minimum absolute atomic E-state index is 0.705. The van der Waals surface area contributed by atoms with Crippen molar-refractivity contribution in [1.29, 1.82) is 0 Å². The summed E-state index contributed by atoms with van der Waals surface area (Å²) in [7, 11) is 0. The molecule has 0 bridgehead atoms. The van der Waals surface area contributed by atoms with Gasteiger partial charge in [0.1, 0.15) is 0 Å². The van der Waals surface area contributed by atoms with Gasteiger partial charge in [0.2, 0.25) is 0 Å². The smallest absolute Gasteiger partial charge is 0.0721 e. The average Bonchev–Trinajstić information content (AvgIpc) is 3.37. The van der Waals surface area contributed by atoms with E-state index in [0.717, 1.165) is 12.2 Å². The monoisotopic (exact) mass is 254 g/mol. The van der Waals surface area contributed by atoms with Gasteiger partial charge in [-0.15, -0.1) is 0 Å². The van der Waals surface area contributed by atoms with Crippen LogP contribution in [0.5, 0.6) is 0 Å².